The summed E-state index contributed by atoms with van der Waals surface area (Å²) in [5.74, 6) is -3.82. The molecule has 2 rings (SSSR count). The molecule has 1 amide bonds. The third-order valence-corrected chi connectivity index (χ3v) is 3.49. The fourth-order valence-corrected chi connectivity index (χ4v) is 2.49. The number of thiazole rings is 1. The summed E-state index contributed by atoms with van der Waals surface area (Å²) in [6.07, 6.45) is -0.141. The van der Waals surface area contributed by atoms with E-state index in [9.17, 15) is 18.0 Å². The Labute approximate surface area is 121 Å². The summed E-state index contributed by atoms with van der Waals surface area (Å²) < 4.78 is 39.4. The topological polar surface area (TPSA) is 42.0 Å². The molecule has 1 heterocycles. The Kier molecular flexibility index (Phi) is 4.61. The van der Waals surface area contributed by atoms with E-state index in [4.69, 9.17) is 11.6 Å². The van der Waals surface area contributed by atoms with Crippen molar-refractivity contribution in [2.45, 2.75) is 12.3 Å². The van der Waals surface area contributed by atoms with Crippen LogP contribution in [0.2, 0.25) is 0 Å². The minimum absolute atomic E-state index is 0.141. The first kappa shape index (κ1) is 14.8. The number of nitrogens with one attached hydrogen (secondary N) is 1. The maximum atomic E-state index is 13.3. The minimum atomic E-state index is -1.17. The number of hydrogen-bond donors (Lipinski definition) is 1. The lowest BCUT2D eigenvalue weighted by Gasteiger charge is -2.06. The van der Waals surface area contributed by atoms with Crippen LogP contribution in [0.1, 0.15) is 10.7 Å². The molecule has 0 saturated carbocycles. The van der Waals surface area contributed by atoms with Crippen LogP contribution < -0.4 is 5.32 Å². The van der Waals surface area contributed by atoms with Crippen LogP contribution >= 0.6 is 22.9 Å². The van der Waals surface area contributed by atoms with Crippen molar-refractivity contribution in [2.75, 3.05) is 5.32 Å². The average molecular weight is 321 g/mol. The van der Waals surface area contributed by atoms with Gasteiger partial charge in [0.05, 0.1) is 18.0 Å². The number of hydrogen-bond acceptors (Lipinski definition) is 3. The number of alkyl halides is 1. The summed E-state index contributed by atoms with van der Waals surface area (Å²) in [4.78, 5) is 15.7. The Hall–Kier alpha value is -1.60. The van der Waals surface area contributed by atoms with Gasteiger partial charge in [0.15, 0.2) is 11.6 Å². The van der Waals surface area contributed by atoms with Gasteiger partial charge in [0.25, 0.3) is 0 Å². The number of rotatable bonds is 4. The predicted molar refractivity (Wildman–Crippen MR) is 70.3 cm³/mol. The van der Waals surface area contributed by atoms with Crippen molar-refractivity contribution in [3.05, 3.63) is 45.7 Å². The van der Waals surface area contributed by atoms with E-state index in [0.29, 0.717) is 22.8 Å². The van der Waals surface area contributed by atoms with Crippen LogP contribution in [0.3, 0.4) is 0 Å². The number of anilines is 1. The maximum Gasteiger partial charge on any atom is 0.231 e. The molecular weight excluding hydrogens is 313 g/mol. The molecule has 0 aliphatic carbocycles. The lowest BCUT2D eigenvalue weighted by molar-refractivity contribution is -0.115. The van der Waals surface area contributed by atoms with Crippen molar-refractivity contribution in [3.63, 3.8) is 0 Å². The minimum Gasteiger partial charge on any atom is -0.321 e. The lowest BCUT2D eigenvalue weighted by Crippen LogP contribution is -2.16. The SMILES string of the molecule is O=C(Cc1nc(CCl)cs1)Nc1c(F)cc(F)cc1F. The molecule has 1 aromatic carbocycles. The van der Waals surface area contributed by atoms with Gasteiger partial charge >= 0.3 is 0 Å². The van der Waals surface area contributed by atoms with Crippen molar-refractivity contribution in [1.29, 1.82) is 0 Å². The highest BCUT2D eigenvalue weighted by molar-refractivity contribution is 7.09. The van der Waals surface area contributed by atoms with Gasteiger partial charge in [-0.3, -0.25) is 4.79 Å². The molecule has 0 bridgehead atoms. The van der Waals surface area contributed by atoms with Crippen molar-refractivity contribution in [3.8, 4) is 0 Å². The highest BCUT2D eigenvalue weighted by Crippen LogP contribution is 2.21. The molecule has 1 N–H and O–H groups in total. The van der Waals surface area contributed by atoms with Crippen molar-refractivity contribution >= 4 is 34.5 Å². The Morgan fingerprint density at radius 1 is 1.30 bits per heavy atom. The largest absolute Gasteiger partial charge is 0.321 e. The number of carbonyl (C=O) groups is 1. The number of amides is 1. The molecule has 0 atom stereocenters. The maximum absolute atomic E-state index is 13.3. The number of benzene rings is 1. The molecule has 0 aliphatic rings. The Balaban J connectivity index is 2.08. The third-order valence-electron chi connectivity index (χ3n) is 2.32. The summed E-state index contributed by atoms with van der Waals surface area (Å²) in [5, 5.41) is 4.22. The second-order valence-corrected chi connectivity index (χ2v) is 5.05. The second kappa shape index (κ2) is 6.23. The number of halogens is 4. The molecule has 0 aliphatic heterocycles. The van der Waals surface area contributed by atoms with Crippen molar-refractivity contribution < 1.29 is 18.0 Å². The lowest BCUT2D eigenvalue weighted by atomic mass is 10.2. The first-order chi connectivity index (χ1) is 9.49. The number of nitrogens with zero attached hydrogens (tertiary/aromatic N) is 1. The quantitative estimate of drug-likeness (QED) is 0.876. The van der Waals surface area contributed by atoms with Gasteiger partial charge in [-0.05, 0) is 0 Å². The Bertz CT molecular complexity index is 624. The summed E-state index contributed by atoms with van der Waals surface area (Å²) >= 11 is 6.79. The molecule has 0 unspecified atom stereocenters. The standard InChI is InChI=1S/C12H8ClF3N2OS/c13-4-7-5-20-11(17-7)3-10(19)18-12-8(15)1-6(14)2-9(12)16/h1-2,5H,3-4H2,(H,18,19). The average Bonchev–Trinajstić information content (AvgIpc) is 2.81. The molecule has 0 spiro atoms. The van der Waals surface area contributed by atoms with Gasteiger partial charge in [-0.1, -0.05) is 0 Å². The summed E-state index contributed by atoms with van der Waals surface area (Å²) in [5.41, 5.74) is -0.0517. The molecule has 1 aromatic heterocycles. The summed E-state index contributed by atoms with van der Waals surface area (Å²) in [6.45, 7) is 0. The predicted octanol–water partition coefficient (Wildman–Crippen LogP) is 3.48. The molecule has 0 fully saturated rings. The van der Waals surface area contributed by atoms with Gasteiger partial charge in [-0.15, -0.1) is 22.9 Å². The van der Waals surface area contributed by atoms with Crippen LogP contribution in [0.5, 0.6) is 0 Å². The highest BCUT2D eigenvalue weighted by Gasteiger charge is 2.15. The van der Waals surface area contributed by atoms with Crippen LogP contribution in [-0.2, 0) is 17.1 Å². The van der Waals surface area contributed by atoms with Gasteiger partial charge in [-0.25, -0.2) is 18.2 Å². The van der Waals surface area contributed by atoms with E-state index in [0.717, 1.165) is 0 Å². The van der Waals surface area contributed by atoms with E-state index in [1.54, 1.807) is 5.38 Å². The Morgan fingerprint density at radius 2 is 1.95 bits per heavy atom. The zero-order chi connectivity index (χ0) is 14.7. The molecule has 0 radical (unpaired) electrons. The van der Waals surface area contributed by atoms with E-state index >= 15 is 0 Å². The molecule has 8 heteroatoms. The summed E-state index contributed by atoms with van der Waals surface area (Å²) in [7, 11) is 0. The van der Waals surface area contributed by atoms with Crippen molar-refractivity contribution in [2.24, 2.45) is 0 Å². The van der Waals surface area contributed by atoms with Crippen LogP contribution in [-0.4, -0.2) is 10.9 Å². The monoisotopic (exact) mass is 320 g/mol. The molecule has 3 nitrogen and oxygen atoms in total. The summed E-state index contributed by atoms with van der Waals surface area (Å²) in [6, 6.07) is 0.987. The molecule has 0 saturated heterocycles. The van der Waals surface area contributed by atoms with Gasteiger partial charge in [-0.2, -0.15) is 0 Å². The van der Waals surface area contributed by atoms with Gasteiger partial charge in [0, 0.05) is 17.5 Å². The Morgan fingerprint density at radius 3 is 2.50 bits per heavy atom. The van der Waals surface area contributed by atoms with E-state index < -0.39 is 29.0 Å². The number of aromatic nitrogens is 1. The molecule has 106 valence electrons. The van der Waals surface area contributed by atoms with Crippen LogP contribution in [0.4, 0.5) is 18.9 Å². The van der Waals surface area contributed by atoms with Gasteiger partial charge in [0.1, 0.15) is 16.5 Å². The van der Waals surface area contributed by atoms with Crippen LogP contribution in [0.25, 0.3) is 0 Å². The van der Waals surface area contributed by atoms with Crippen LogP contribution in [0.15, 0.2) is 17.5 Å². The zero-order valence-corrected chi connectivity index (χ0v) is 11.5. The highest BCUT2D eigenvalue weighted by atomic mass is 35.5. The van der Waals surface area contributed by atoms with E-state index in [2.05, 4.69) is 10.3 Å². The molecule has 2 aromatic rings. The van der Waals surface area contributed by atoms with E-state index in [1.807, 2.05) is 0 Å². The normalized spacial score (nSPS) is 10.6. The van der Waals surface area contributed by atoms with Crippen LogP contribution in [0, 0.1) is 17.5 Å². The molecular formula is C12H8ClF3N2OS. The smallest absolute Gasteiger partial charge is 0.231 e. The molecule has 20 heavy (non-hydrogen) atoms. The zero-order valence-electron chi connectivity index (χ0n) is 9.92. The first-order valence-corrected chi connectivity index (χ1v) is 6.84. The number of carbonyl (C=O) groups excluding carboxylic acids is 1. The van der Waals surface area contributed by atoms with Crippen molar-refractivity contribution in [1.82, 2.24) is 4.98 Å². The van der Waals surface area contributed by atoms with E-state index in [1.165, 1.54) is 11.3 Å². The fourth-order valence-electron chi connectivity index (χ4n) is 1.47. The third kappa shape index (κ3) is 3.49. The van der Waals surface area contributed by atoms with Gasteiger partial charge in [0.2, 0.25) is 5.91 Å². The van der Waals surface area contributed by atoms with E-state index in [-0.39, 0.29) is 12.3 Å². The first-order valence-electron chi connectivity index (χ1n) is 5.43. The van der Waals surface area contributed by atoms with Gasteiger partial charge < -0.3 is 5.32 Å². The second-order valence-electron chi connectivity index (χ2n) is 3.84. The fraction of sp³-hybridized carbons (Fsp3) is 0.167.